The van der Waals surface area contributed by atoms with E-state index in [1.165, 1.54) is 12.1 Å². The van der Waals surface area contributed by atoms with E-state index in [0.717, 1.165) is 0 Å². The Bertz CT molecular complexity index is 445. The monoisotopic (exact) mass is 261 g/mol. The molecule has 86 valence electrons. The Hall–Kier alpha value is -1.05. The van der Waals surface area contributed by atoms with E-state index in [1.54, 1.807) is 18.2 Å². The molecule has 1 aromatic rings. The van der Waals surface area contributed by atoms with E-state index < -0.39 is 7.82 Å². The first-order valence-electron chi connectivity index (χ1n) is 4.33. The second kappa shape index (κ2) is 5.88. The van der Waals surface area contributed by atoms with Gasteiger partial charge in [0.15, 0.2) is 0 Å². The third-order valence-corrected chi connectivity index (χ3v) is 2.77. The molecule has 5 nitrogen and oxygen atoms in total. The number of hydrogen-bond donors (Lipinski definition) is 1. The molecule has 1 atom stereocenters. The summed E-state index contributed by atoms with van der Waals surface area (Å²) >= 11 is 5.73. The van der Waals surface area contributed by atoms with Gasteiger partial charge in [0.2, 0.25) is 0 Å². The van der Waals surface area contributed by atoms with E-state index in [0.29, 0.717) is 0 Å². The molecular weight excluding hydrogens is 253 g/mol. The van der Waals surface area contributed by atoms with Gasteiger partial charge in [-0.2, -0.15) is 5.26 Å². The SMILES string of the molecule is N#CCCOP(=O)(O)Oc1ccccc1Cl. The second-order valence-electron chi connectivity index (χ2n) is 2.73. The lowest BCUT2D eigenvalue weighted by molar-refractivity contribution is 0.207. The van der Waals surface area contributed by atoms with E-state index in [2.05, 4.69) is 4.52 Å². The topological polar surface area (TPSA) is 79.5 Å². The van der Waals surface area contributed by atoms with Gasteiger partial charge >= 0.3 is 7.82 Å². The van der Waals surface area contributed by atoms with Crippen molar-refractivity contribution in [3.63, 3.8) is 0 Å². The highest BCUT2D eigenvalue weighted by Gasteiger charge is 2.23. The number of hydrogen-bond acceptors (Lipinski definition) is 4. The Balaban J connectivity index is 2.63. The number of phosphoric acid groups is 1. The highest BCUT2D eigenvalue weighted by Crippen LogP contribution is 2.45. The summed E-state index contributed by atoms with van der Waals surface area (Å²) in [6.07, 6.45) is 0.0103. The quantitative estimate of drug-likeness (QED) is 0.651. The fourth-order valence-corrected chi connectivity index (χ4v) is 1.89. The van der Waals surface area contributed by atoms with E-state index in [9.17, 15) is 9.46 Å². The molecular formula is C9H9ClNO4P. The van der Waals surface area contributed by atoms with E-state index in [-0.39, 0.29) is 23.8 Å². The summed E-state index contributed by atoms with van der Waals surface area (Å²) in [7, 11) is -4.21. The lowest BCUT2D eigenvalue weighted by atomic mass is 10.3. The maximum absolute atomic E-state index is 11.4. The van der Waals surface area contributed by atoms with Crippen LogP contribution in [0.15, 0.2) is 24.3 Å². The zero-order chi connectivity index (χ0) is 12.0. The first-order valence-corrected chi connectivity index (χ1v) is 6.21. The van der Waals surface area contributed by atoms with Gasteiger partial charge in [0.1, 0.15) is 5.75 Å². The predicted octanol–water partition coefficient (Wildman–Crippen LogP) is 2.75. The van der Waals surface area contributed by atoms with Crippen LogP contribution in [0.3, 0.4) is 0 Å². The Labute approximate surface area is 97.8 Å². The van der Waals surface area contributed by atoms with Crippen LogP contribution in [0.25, 0.3) is 0 Å². The lowest BCUT2D eigenvalue weighted by Crippen LogP contribution is -1.98. The molecule has 0 aromatic heterocycles. The molecule has 0 aliphatic heterocycles. The van der Waals surface area contributed by atoms with Gasteiger partial charge in [-0.15, -0.1) is 0 Å². The summed E-state index contributed by atoms with van der Waals surface area (Å²) < 4.78 is 20.6. The molecule has 1 aromatic carbocycles. The number of rotatable bonds is 5. The van der Waals surface area contributed by atoms with Crippen molar-refractivity contribution in [1.82, 2.24) is 0 Å². The maximum atomic E-state index is 11.4. The Morgan fingerprint density at radius 3 is 2.81 bits per heavy atom. The van der Waals surface area contributed by atoms with Crippen LogP contribution >= 0.6 is 19.4 Å². The van der Waals surface area contributed by atoms with Gasteiger partial charge in [0.25, 0.3) is 0 Å². The minimum atomic E-state index is -4.21. The molecule has 0 aliphatic carbocycles. The summed E-state index contributed by atoms with van der Waals surface area (Å²) in [4.78, 5) is 9.26. The lowest BCUT2D eigenvalue weighted by Gasteiger charge is -2.12. The molecule has 1 rings (SSSR count). The van der Waals surface area contributed by atoms with Crippen LogP contribution in [-0.4, -0.2) is 11.5 Å². The zero-order valence-corrected chi connectivity index (χ0v) is 9.82. The highest BCUT2D eigenvalue weighted by atomic mass is 35.5. The van der Waals surface area contributed by atoms with E-state index >= 15 is 0 Å². The van der Waals surface area contributed by atoms with Crippen molar-refractivity contribution < 1.29 is 18.5 Å². The average molecular weight is 262 g/mol. The predicted molar refractivity (Wildman–Crippen MR) is 58.1 cm³/mol. The van der Waals surface area contributed by atoms with Crippen LogP contribution in [0.4, 0.5) is 0 Å². The van der Waals surface area contributed by atoms with Crippen molar-refractivity contribution in [3.05, 3.63) is 29.3 Å². The molecule has 0 heterocycles. The molecule has 0 saturated heterocycles. The standard InChI is InChI=1S/C9H9ClNO4P/c10-8-4-1-2-5-9(8)15-16(12,13)14-7-3-6-11/h1-2,4-5H,3,7H2,(H,12,13). The first-order chi connectivity index (χ1) is 7.55. The van der Waals surface area contributed by atoms with Gasteiger partial charge < -0.3 is 4.52 Å². The van der Waals surface area contributed by atoms with Gasteiger partial charge in [-0.25, -0.2) is 4.57 Å². The summed E-state index contributed by atoms with van der Waals surface area (Å²) in [6, 6.07) is 8.01. The fourth-order valence-electron chi connectivity index (χ4n) is 0.876. The minimum Gasteiger partial charge on any atom is -0.403 e. The Kier molecular flexibility index (Phi) is 4.78. The minimum absolute atomic E-state index is 0.0103. The van der Waals surface area contributed by atoms with E-state index in [1.807, 2.05) is 0 Å². The molecule has 0 fully saturated rings. The number of phosphoric ester groups is 1. The molecule has 0 amide bonds. The molecule has 0 saturated carbocycles. The third kappa shape index (κ3) is 4.21. The average Bonchev–Trinajstić information content (AvgIpc) is 2.21. The van der Waals surface area contributed by atoms with Crippen molar-refractivity contribution >= 4 is 19.4 Å². The molecule has 0 aliphatic rings. The molecule has 0 spiro atoms. The van der Waals surface area contributed by atoms with Crippen molar-refractivity contribution in [1.29, 1.82) is 5.26 Å². The largest absolute Gasteiger partial charge is 0.527 e. The van der Waals surface area contributed by atoms with Gasteiger partial charge in [-0.1, -0.05) is 23.7 Å². The third-order valence-electron chi connectivity index (χ3n) is 1.52. The Morgan fingerprint density at radius 2 is 2.19 bits per heavy atom. The van der Waals surface area contributed by atoms with Crippen LogP contribution in [0, 0.1) is 11.3 Å². The van der Waals surface area contributed by atoms with Crippen LogP contribution in [-0.2, 0) is 9.09 Å². The normalized spacial score (nSPS) is 13.8. The van der Waals surface area contributed by atoms with Gasteiger partial charge in [-0.05, 0) is 12.1 Å². The summed E-state index contributed by atoms with van der Waals surface area (Å²) in [5, 5.41) is 8.44. The van der Waals surface area contributed by atoms with Crippen LogP contribution in [0.1, 0.15) is 6.42 Å². The number of nitriles is 1. The Morgan fingerprint density at radius 1 is 1.50 bits per heavy atom. The molecule has 1 unspecified atom stereocenters. The van der Waals surface area contributed by atoms with Crippen LogP contribution in [0.2, 0.25) is 5.02 Å². The molecule has 7 heteroatoms. The smallest absolute Gasteiger partial charge is 0.403 e. The number of nitrogens with zero attached hydrogens (tertiary/aromatic N) is 1. The zero-order valence-electron chi connectivity index (χ0n) is 8.17. The maximum Gasteiger partial charge on any atom is 0.527 e. The van der Waals surface area contributed by atoms with Crippen LogP contribution in [0.5, 0.6) is 5.75 Å². The van der Waals surface area contributed by atoms with Crippen molar-refractivity contribution in [2.24, 2.45) is 0 Å². The fraction of sp³-hybridized carbons (Fsp3) is 0.222. The van der Waals surface area contributed by atoms with Crippen molar-refractivity contribution in [2.45, 2.75) is 6.42 Å². The highest BCUT2D eigenvalue weighted by molar-refractivity contribution is 7.47. The molecule has 0 bridgehead atoms. The van der Waals surface area contributed by atoms with Gasteiger partial charge in [-0.3, -0.25) is 9.42 Å². The summed E-state index contributed by atoms with van der Waals surface area (Å²) in [6.45, 7) is -0.172. The van der Waals surface area contributed by atoms with Crippen molar-refractivity contribution in [2.75, 3.05) is 6.61 Å². The molecule has 16 heavy (non-hydrogen) atoms. The number of benzene rings is 1. The second-order valence-corrected chi connectivity index (χ2v) is 4.52. The van der Waals surface area contributed by atoms with Gasteiger partial charge in [0, 0.05) is 0 Å². The number of para-hydroxylation sites is 1. The first kappa shape index (κ1) is 13.0. The summed E-state index contributed by atoms with van der Waals surface area (Å²) in [5.41, 5.74) is 0. The van der Waals surface area contributed by atoms with Crippen molar-refractivity contribution in [3.8, 4) is 11.8 Å². The summed E-state index contributed by atoms with van der Waals surface area (Å²) in [5.74, 6) is 0.0620. The van der Waals surface area contributed by atoms with Crippen LogP contribution < -0.4 is 4.52 Å². The van der Waals surface area contributed by atoms with Gasteiger partial charge in [0.05, 0.1) is 24.1 Å². The number of halogens is 1. The van der Waals surface area contributed by atoms with E-state index in [4.69, 9.17) is 21.4 Å². The molecule has 0 radical (unpaired) electrons. The molecule has 1 N–H and O–H groups in total.